The first-order chi connectivity index (χ1) is 29.8. The number of hydrogen-bond donors (Lipinski definition) is 7. The zero-order valence-electron chi connectivity index (χ0n) is 39.8. The predicted molar refractivity (Wildman–Crippen MR) is 250 cm³/mol. The molecular weight excluding hydrogens is 771 g/mol. The molecule has 0 aromatic carbocycles. The standard InChI is InChI=1S/C51H101NO9/c1-3-5-7-9-11-13-15-17-18-19-20-21-22-23-24-25-26-28-30-32-34-36-38-40-46(55)52-43(42-60-51-50(59)49(58)48(57)45(41-53)61-51)47(56)44(54)39-37-35-33-31-29-27-16-14-12-10-8-6-4-2/h43-45,47-51,53-54,56-59H,3-42H2,1-2H3,(H,52,55)/t43-,44+,45+,47-,48+,49?,50?,51+/m0/s1. The maximum absolute atomic E-state index is 13.0. The number of amides is 1. The molecular formula is C51H101NO9. The Kier molecular flexibility index (Phi) is 39.9. The fourth-order valence-electron chi connectivity index (χ4n) is 8.79. The summed E-state index contributed by atoms with van der Waals surface area (Å²) in [5.74, 6) is -0.252. The average Bonchev–Trinajstić information content (AvgIpc) is 3.26. The number of rotatable bonds is 45. The van der Waals surface area contributed by atoms with Crippen molar-refractivity contribution in [2.45, 2.75) is 307 Å². The normalized spacial score (nSPS) is 20.8. The van der Waals surface area contributed by atoms with Gasteiger partial charge in [-0.05, 0) is 12.8 Å². The third kappa shape index (κ3) is 31.6. The number of nitrogens with one attached hydrogen (secondary N) is 1. The number of carbonyl (C=O) groups is 1. The molecule has 0 radical (unpaired) electrons. The van der Waals surface area contributed by atoms with Crippen molar-refractivity contribution in [3.8, 4) is 0 Å². The highest BCUT2D eigenvalue weighted by Crippen LogP contribution is 2.23. The third-order valence-corrected chi connectivity index (χ3v) is 13.1. The van der Waals surface area contributed by atoms with Crippen molar-refractivity contribution >= 4 is 5.91 Å². The second-order valence-electron chi connectivity index (χ2n) is 18.8. The van der Waals surface area contributed by atoms with Gasteiger partial charge in [-0.15, -0.1) is 0 Å². The molecule has 1 saturated heterocycles. The van der Waals surface area contributed by atoms with E-state index in [1.807, 2.05) is 0 Å². The smallest absolute Gasteiger partial charge is 0.220 e. The lowest BCUT2D eigenvalue weighted by Gasteiger charge is -2.40. The Morgan fingerprint density at radius 1 is 0.508 bits per heavy atom. The second-order valence-corrected chi connectivity index (χ2v) is 18.8. The molecule has 0 bridgehead atoms. The lowest BCUT2D eigenvalue weighted by atomic mass is 9.98. The van der Waals surface area contributed by atoms with Gasteiger partial charge in [-0.3, -0.25) is 4.79 Å². The monoisotopic (exact) mass is 872 g/mol. The van der Waals surface area contributed by atoms with Crippen molar-refractivity contribution in [1.29, 1.82) is 0 Å². The summed E-state index contributed by atoms with van der Waals surface area (Å²) in [5, 5.41) is 65.3. The van der Waals surface area contributed by atoms with Gasteiger partial charge >= 0.3 is 0 Å². The lowest BCUT2D eigenvalue weighted by molar-refractivity contribution is -0.303. The van der Waals surface area contributed by atoms with Crippen LogP contribution in [0.4, 0.5) is 0 Å². The number of aliphatic hydroxyl groups is 6. The molecule has 10 heteroatoms. The maximum atomic E-state index is 13.0. The summed E-state index contributed by atoms with van der Waals surface area (Å²) in [7, 11) is 0. The van der Waals surface area contributed by atoms with Crippen LogP contribution in [0.25, 0.3) is 0 Å². The molecule has 1 heterocycles. The van der Waals surface area contributed by atoms with Crippen molar-refractivity contribution < 1.29 is 44.9 Å². The first-order valence-electron chi connectivity index (χ1n) is 26.3. The minimum absolute atomic E-state index is 0.252. The molecule has 0 aromatic heterocycles. The Labute approximate surface area is 375 Å². The van der Waals surface area contributed by atoms with Crippen LogP contribution in [-0.2, 0) is 14.3 Å². The van der Waals surface area contributed by atoms with Gasteiger partial charge in [0.05, 0.1) is 25.4 Å². The molecule has 10 nitrogen and oxygen atoms in total. The number of aliphatic hydroxyl groups excluding tert-OH is 6. The number of carbonyl (C=O) groups excluding carboxylic acids is 1. The first kappa shape index (κ1) is 58.2. The van der Waals surface area contributed by atoms with Gasteiger partial charge in [0.25, 0.3) is 0 Å². The van der Waals surface area contributed by atoms with Crippen LogP contribution in [0, 0.1) is 0 Å². The van der Waals surface area contributed by atoms with Crippen molar-refractivity contribution in [2.75, 3.05) is 13.2 Å². The highest BCUT2D eigenvalue weighted by Gasteiger charge is 2.44. The summed E-state index contributed by atoms with van der Waals surface area (Å²) in [5.41, 5.74) is 0. The lowest BCUT2D eigenvalue weighted by Crippen LogP contribution is -2.60. The molecule has 8 atom stereocenters. The van der Waals surface area contributed by atoms with Crippen LogP contribution in [0.1, 0.15) is 258 Å². The van der Waals surface area contributed by atoms with E-state index >= 15 is 0 Å². The molecule has 0 spiro atoms. The summed E-state index contributed by atoms with van der Waals surface area (Å²) >= 11 is 0. The van der Waals surface area contributed by atoms with Gasteiger partial charge in [-0.2, -0.15) is 0 Å². The molecule has 1 fully saturated rings. The van der Waals surface area contributed by atoms with Crippen LogP contribution in [0.5, 0.6) is 0 Å². The molecule has 1 amide bonds. The van der Waals surface area contributed by atoms with Gasteiger partial charge in [0.1, 0.15) is 30.5 Å². The van der Waals surface area contributed by atoms with Gasteiger partial charge in [0, 0.05) is 6.42 Å². The Morgan fingerprint density at radius 2 is 0.852 bits per heavy atom. The van der Waals surface area contributed by atoms with Crippen LogP contribution in [-0.4, -0.2) is 98.7 Å². The van der Waals surface area contributed by atoms with E-state index in [4.69, 9.17) is 9.47 Å². The van der Waals surface area contributed by atoms with Gasteiger partial charge in [-0.25, -0.2) is 0 Å². The minimum atomic E-state index is -1.60. The molecule has 0 saturated carbocycles. The molecule has 1 aliphatic heterocycles. The SMILES string of the molecule is CCCCCCCCCCCCCCCCCCCCCCCCCC(=O)N[C@@H](CO[C@@H]1O[C@H](CO)[C@@H](O)C(O)C1O)[C@H](O)[C@H](O)CCCCCCCCCCCCCCC. The molecule has 1 rings (SSSR count). The van der Waals surface area contributed by atoms with E-state index in [2.05, 4.69) is 19.2 Å². The molecule has 364 valence electrons. The molecule has 0 aromatic rings. The fourth-order valence-corrected chi connectivity index (χ4v) is 8.79. The van der Waals surface area contributed by atoms with Crippen molar-refractivity contribution in [1.82, 2.24) is 5.32 Å². The minimum Gasteiger partial charge on any atom is -0.394 e. The van der Waals surface area contributed by atoms with Gasteiger partial charge in [0.2, 0.25) is 5.91 Å². The van der Waals surface area contributed by atoms with E-state index in [9.17, 15) is 35.4 Å². The molecule has 61 heavy (non-hydrogen) atoms. The zero-order chi connectivity index (χ0) is 44.6. The summed E-state index contributed by atoms with van der Waals surface area (Å²) in [6.45, 7) is 3.64. The Balaban J connectivity index is 2.26. The molecule has 2 unspecified atom stereocenters. The van der Waals surface area contributed by atoms with Gasteiger partial charge < -0.3 is 45.4 Å². The zero-order valence-corrected chi connectivity index (χ0v) is 39.8. The van der Waals surface area contributed by atoms with Crippen LogP contribution >= 0.6 is 0 Å². The Morgan fingerprint density at radius 3 is 1.21 bits per heavy atom. The number of unbranched alkanes of at least 4 members (excludes halogenated alkanes) is 34. The fraction of sp³-hybridized carbons (Fsp3) is 0.980. The van der Waals surface area contributed by atoms with Crippen LogP contribution < -0.4 is 5.32 Å². The van der Waals surface area contributed by atoms with Crippen LogP contribution in [0.2, 0.25) is 0 Å². The average molecular weight is 872 g/mol. The van der Waals surface area contributed by atoms with E-state index in [0.717, 1.165) is 38.5 Å². The predicted octanol–water partition coefficient (Wildman–Crippen LogP) is 10.9. The van der Waals surface area contributed by atoms with Gasteiger partial charge in [0.15, 0.2) is 6.29 Å². The van der Waals surface area contributed by atoms with E-state index < -0.39 is 55.6 Å². The summed E-state index contributed by atoms with van der Waals surface area (Å²) in [6.07, 6.45) is 36.9. The van der Waals surface area contributed by atoms with E-state index in [1.54, 1.807) is 0 Å². The topological polar surface area (TPSA) is 169 Å². The summed E-state index contributed by atoms with van der Waals surface area (Å²) in [6, 6.07) is -0.985. The quantitative estimate of drug-likeness (QED) is 0.0295. The summed E-state index contributed by atoms with van der Waals surface area (Å²) < 4.78 is 11.2. The Bertz CT molecular complexity index is 942. The van der Waals surface area contributed by atoms with E-state index in [1.165, 1.54) is 193 Å². The highest BCUT2D eigenvalue weighted by atomic mass is 16.7. The molecule has 0 aliphatic carbocycles. The molecule has 1 aliphatic rings. The van der Waals surface area contributed by atoms with Crippen LogP contribution in [0.15, 0.2) is 0 Å². The van der Waals surface area contributed by atoms with Crippen molar-refractivity contribution in [3.63, 3.8) is 0 Å². The number of ether oxygens (including phenoxy) is 2. The van der Waals surface area contributed by atoms with E-state index in [0.29, 0.717) is 6.42 Å². The van der Waals surface area contributed by atoms with Gasteiger partial charge in [-0.1, -0.05) is 239 Å². The highest BCUT2D eigenvalue weighted by molar-refractivity contribution is 5.76. The third-order valence-electron chi connectivity index (χ3n) is 13.1. The largest absolute Gasteiger partial charge is 0.394 e. The second kappa shape index (κ2) is 41.8. The van der Waals surface area contributed by atoms with Crippen molar-refractivity contribution in [3.05, 3.63) is 0 Å². The van der Waals surface area contributed by atoms with E-state index in [-0.39, 0.29) is 18.9 Å². The Hall–Kier alpha value is -0.850. The van der Waals surface area contributed by atoms with Crippen LogP contribution in [0.3, 0.4) is 0 Å². The molecule has 7 N–H and O–H groups in total. The van der Waals surface area contributed by atoms with Crippen molar-refractivity contribution in [2.24, 2.45) is 0 Å². The maximum Gasteiger partial charge on any atom is 0.220 e. The number of hydrogen-bond acceptors (Lipinski definition) is 9. The summed E-state index contributed by atoms with van der Waals surface area (Å²) in [4.78, 5) is 13.0. The first-order valence-corrected chi connectivity index (χ1v) is 26.3.